The van der Waals surface area contributed by atoms with Crippen LogP contribution in [0.2, 0.25) is 85.1 Å². The summed E-state index contributed by atoms with van der Waals surface area (Å²) in [5.41, 5.74) is -0.259. The van der Waals surface area contributed by atoms with Crippen molar-refractivity contribution in [3.05, 3.63) is 6.61 Å². The van der Waals surface area contributed by atoms with E-state index >= 15 is 0 Å². The monoisotopic (exact) mass is 559 g/mol. The highest BCUT2D eigenvalue weighted by Crippen LogP contribution is 2.24. The Bertz CT molecular complexity index is 514. The van der Waals surface area contributed by atoms with Crippen molar-refractivity contribution in [2.24, 2.45) is 0 Å². The quantitative estimate of drug-likeness (QED) is 0.265. The summed E-state index contributed by atoms with van der Waals surface area (Å²) in [6.45, 7) is 31.4. The van der Waals surface area contributed by atoms with Crippen molar-refractivity contribution in [1.29, 1.82) is 0 Å². The summed E-state index contributed by atoms with van der Waals surface area (Å²) in [5, 5.41) is 10.3. The first-order valence-electron chi connectivity index (χ1n) is 11.6. The third kappa shape index (κ3) is 17.5. The highest BCUT2D eigenvalue weighted by molar-refractivity contribution is 6.86. The number of hydrogen-bond donors (Lipinski definition) is 1. The van der Waals surface area contributed by atoms with E-state index in [1.807, 2.05) is 0 Å². The topological polar surface area (TPSA) is 75.6 Å². The molecule has 2 unspecified atom stereocenters. The van der Waals surface area contributed by atoms with Crippen LogP contribution in [0.3, 0.4) is 0 Å². The summed E-state index contributed by atoms with van der Waals surface area (Å²) in [6.07, 6.45) is -0.0819. The van der Waals surface area contributed by atoms with Gasteiger partial charge in [-0.3, -0.25) is 0 Å². The summed E-state index contributed by atoms with van der Waals surface area (Å²) >= 11 is 0. The number of rotatable bonds is 16. The van der Waals surface area contributed by atoms with E-state index in [9.17, 15) is 5.11 Å². The van der Waals surface area contributed by atoms with Gasteiger partial charge in [-0.2, -0.15) is 0 Å². The van der Waals surface area contributed by atoms with Gasteiger partial charge in [0.1, 0.15) is 12.7 Å². The predicted molar refractivity (Wildman–Crippen MR) is 148 cm³/mol. The second kappa shape index (κ2) is 12.8. The third-order valence-corrected chi connectivity index (χ3v) is 21.2. The molecular formula is C19H51O7Si6. The Labute approximate surface area is 205 Å². The van der Waals surface area contributed by atoms with Gasteiger partial charge in [-0.05, 0) is 91.5 Å². The van der Waals surface area contributed by atoms with Crippen molar-refractivity contribution in [1.82, 2.24) is 0 Å². The molecule has 1 radical (unpaired) electrons. The van der Waals surface area contributed by atoms with Gasteiger partial charge in [0.15, 0.2) is 25.0 Å². The van der Waals surface area contributed by atoms with Crippen LogP contribution >= 0.6 is 0 Å². The molecule has 0 aromatic heterocycles. The fourth-order valence-corrected chi connectivity index (χ4v) is 23.8. The number of aliphatic hydroxyl groups is 1. The Hall–Kier alpha value is 1.02. The third-order valence-electron chi connectivity index (χ3n) is 3.71. The van der Waals surface area contributed by atoms with E-state index < -0.39 is 57.5 Å². The van der Waals surface area contributed by atoms with Crippen LogP contribution in [0.25, 0.3) is 0 Å². The minimum absolute atomic E-state index is 0.234. The fraction of sp³-hybridized carbons (Fsp3) is 0.947. The number of aliphatic hydroxyl groups excluding tert-OH is 1. The average Bonchev–Trinajstić information content (AvgIpc) is 2.46. The minimum Gasteiger partial charge on any atom is -0.437 e. The van der Waals surface area contributed by atoms with Gasteiger partial charge in [0.05, 0.1) is 12.3 Å². The minimum atomic E-state index is -2.43. The van der Waals surface area contributed by atoms with Crippen LogP contribution < -0.4 is 0 Å². The lowest BCUT2D eigenvalue weighted by atomic mass is 10.4. The molecule has 193 valence electrons. The van der Waals surface area contributed by atoms with Gasteiger partial charge in [-0.25, -0.2) is 0 Å². The van der Waals surface area contributed by atoms with E-state index in [4.69, 9.17) is 25.6 Å². The molecule has 0 aromatic rings. The molecule has 0 amide bonds. The molecule has 0 fully saturated rings. The molecule has 0 rings (SSSR count). The Morgan fingerprint density at radius 2 is 1.12 bits per heavy atom. The first-order valence-corrected chi connectivity index (χ1v) is 29.1. The van der Waals surface area contributed by atoms with Gasteiger partial charge in [-0.1, -0.05) is 6.92 Å². The van der Waals surface area contributed by atoms with Gasteiger partial charge in [0.2, 0.25) is 0 Å². The SMILES string of the molecule is CCC(O[CH]C(O)CO[Si](C)(C)C)[SiH](O[Si](C)(C)O[Si](C)(C)C)O[Si](C)(C)O[Si](C)(C)C. The van der Waals surface area contributed by atoms with Crippen molar-refractivity contribution >= 4 is 51.4 Å². The van der Waals surface area contributed by atoms with E-state index in [1.165, 1.54) is 6.61 Å². The summed E-state index contributed by atoms with van der Waals surface area (Å²) < 4.78 is 38.0. The Morgan fingerprint density at radius 3 is 1.44 bits per heavy atom. The van der Waals surface area contributed by atoms with Gasteiger partial charge < -0.3 is 30.7 Å². The van der Waals surface area contributed by atoms with Crippen molar-refractivity contribution in [2.75, 3.05) is 6.61 Å². The maximum atomic E-state index is 10.3. The fourth-order valence-electron chi connectivity index (χ4n) is 3.18. The van der Waals surface area contributed by atoms with E-state index in [1.54, 1.807) is 0 Å². The summed E-state index contributed by atoms with van der Waals surface area (Å²) in [5.74, 6) is 0. The van der Waals surface area contributed by atoms with Crippen molar-refractivity contribution in [2.45, 2.75) is 110 Å². The smallest absolute Gasteiger partial charge is 0.333 e. The molecule has 0 aromatic carbocycles. The molecule has 0 aliphatic rings. The van der Waals surface area contributed by atoms with Crippen LogP contribution in [0.15, 0.2) is 0 Å². The molecule has 0 bridgehead atoms. The zero-order chi connectivity index (χ0) is 25.6. The van der Waals surface area contributed by atoms with Crippen LogP contribution in [0, 0.1) is 6.61 Å². The molecule has 7 nitrogen and oxygen atoms in total. The summed E-state index contributed by atoms with van der Waals surface area (Å²) in [4.78, 5) is 0. The molecule has 0 heterocycles. The Morgan fingerprint density at radius 1 is 0.719 bits per heavy atom. The maximum absolute atomic E-state index is 10.3. The standard InChI is InChI=1S/C19H51O7Si6/c1-15-19(21-16-18(20)17-22-28(2,3)4)27(23-31(11,12)25-29(5,6)7)24-32(13,14)26-30(8,9)10/h16,18-20,27H,15,17H2,1-14H3. The maximum Gasteiger partial charge on any atom is 0.333 e. The average molecular weight is 560 g/mol. The first kappa shape index (κ1) is 33.0. The summed E-state index contributed by atoms with van der Waals surface area (Å²) in [6, 6.07) is 0. The lowest BCUT2D eigenvalue weighted by molar-refractivity contribution is 0.0352. The largest absolute Gasteiger partial charge is 0.437 e. The highest BCUT2D eigenvalue weighted by atomic mass is 28.5. The van der Waals surface area contributed by atoms with Crippen LogP contribution in [-0.2, 0) is 25.6 Å². The molecule has 1 N–H and O–H groups in total. The first-order chi connectivity index (χ1) is 14.0. The highest BCUT2D eigenvalue weighted by Gasteiger charge is 2.43. The van der Waals surface area contributed by atoms with Crippen molar-refractivity contribution in [3.63, 3.8) is 0 Å². The van der Waals surface area contributed by atoms with Gasteiger partial charge in [-0.15, -0.1) is 0 Å². The second-order valence-electron chi connectivity index (χ2n) is 12.0. The molecule has 0 aliphatic carbocycles. The lowest BCUT2D eigenvalue weighted by Gasteiger charge is -2.40. The van der Waals surface area contributed by atoms with E-state index in [-0.39, 0.29) is 12.3 Å². The summed E-state index contributed by atoms with van der Waals surface area (Å²) in [7, 11) is -12.5. The molecule has 0 saturated carbocycles. The van der Waals surface area contributed by atoms with Crippen molar-refractivity contribution in [3.8, 4) is 0 Å². The van der Waals surface area contributed by atoms with E-state index in [0.29, 0.717) is 6.42 Å². The molecule has 0 aliphatic heterocycles. The van der Waals surface area contributed by atoms with Crippen LogP contribution in [-0.4, -0.2) is 74.9 Å². The molecule has 32 heavy (non-hydrogen) atoms. The van der Waals surface area contributed by atoms with E-state index in [0.717, 1.165) is 0 Å². The Balaban J connectivity index is 5.47. The van der Waals surface area contributed by atoms with Crippen molar-refractivity contribution < 1.29 is 30.7 Å². The molecular weight excluding hydrogens is 509 g/mol. The number of hydrogen-bond acceptors (Lipinski definition) is 7. The van der Waals surface area contributed by atoms with Crippen LogP contribution in [0.5, 0.6) is 0 Å². The van der Waals surface area contributed by atoms with Gasteiger partial charge in [0, 0.05) is 0 Å². The van der Waals surface area contributed by atoms with Gasteiger partial charge >= 0.3 is 26.4 Å². The van der Waals surface area contributed by atoms with Crippen LogP contribution in [0.4, 0.5) is 0 Å². The second-order valence-corrected chi connectivity index (χ2v) is 35.6. The zero-order valence-electron chi connectivity index (χ0n) is 23.1. The Kier molecular flexibility index (Phi) is 13.2. The molecule has 0 spiro atoms. The predicted octanol–water partition coefficient (Wildman–Crippen LogP) is 5.06. The molecule has 2 atom stereocenters. The molecule has 0 saturated heterocycles. The number of ether oxygens (including phenoxy) is 1. The normalized spacial score (nSPS) is 16.5. The van der Waals surface area contributed by atoms with E-state index in [2.05, 4.69) is 92.0 Å². The van der Waals surface area contributed by atoms with Gasteiger partial charge in [0.25, 0.3) is 0 Å². The lowest BCUT2D eigenvalue weighted by Crippen LogP contribution is -2.57. The molecule has 13 heteroatoms. The van der Waals surface area contributed by atoms with Crippen LogP contribution in [0.1, 0.15) is 13.3 Å². The zero-order valence-corrected chi connectivity index (χ0v) is 29.3.